The molecule has 0 aliphatic heterocycles. The predicted molar refractivity (Wildman–Crippen MR) is 53.8 cm³/mol. The lowest BCUT2D eigenvalue weighted by atomic mass is 10.3. The Morgan fingerprint density at radius 2 is 2.14 bits per heavy atom. The first kappa shape index (κ1) is 13.3. The molecule has 5 heteroatoms. The molecule has 0 bridgehead atoms. The minimum absolute atomic E-state index is 0.0406. The summed E-state index contributed by atoms with van der Waals surface area (Å²) in [5.41, 5.74) is 0. The Hall–Kier alpha value is -0.730. The fourth-order valence-electron chi connectivity index (χ4n) is 0.742. The first-order chi connectivity index (χ1) is 6.52. The third kappa shape index (κ3) is 6.75. The first-order valence-electron chi connectivity index (χ1n) is 4.03. The molecule has 0 aliphatic rings. The molecule has 14 heavy (non-hydrogen) atoms. The molecule has 0 amide bonds. The van der Waals surface area contributed by atoms with Crippen LogP contribution in [-0.4, -0.2) is 17.2 Å². The number of rotatable bonds is 6. The maximum absolute atomic E-state index is 12.7. The normalized spacial score (nSPS) is 16.9. The van der Waals surface area contributed by atoms with Crippen molar-refractivity contribution in [3.05, 3.63) is 37.0 Å². The summed E-state index contributed by atoms with van der Waals surface area (Å²) in [6.07, 6.45) is 3.02. The molecule has 80 valence electrons. The van der Waals surface area contributed by atoms with E-state index in [-0.39, 0.29) is 25.1 Å². The highest BCUT2D eigenvalue weighted by Crippen LogP contribution is 2.40. The highest BCUT2D eigenvalue weighted by Gasteiger charge is 2.14. The van der Waals surface area contributed by atoms with E-state index in [9.17, 15) is 13.3 Å². The van der Waals surface area contributed by atoms with Crippen molar-refractivity contribution in [3.8, 4) is 0 Å². The summed E-state index contributed by atoms with van der Waals surface area (Å²) in [6, 6.07) is 0. The van der Waals surface area contributed by atoms with Crippen LogP contribution >= 0.6 is 7.37 Å². The van der Waals surface area contributed by atoms with Gasteiger partial charge < -0.3 is 4.89 Å². The van der Waals surface area contributed by atoms with Crippen molar-refractivity contribution in [2.24, 2.45) is 0 Å². The minimum Gasteiger partial charge on any atom is -0.344 e. The lowest BCUT2D eigenvalue weighted by Gasteiger charge is -2.04. The molecule has 0 fully saturated rings. The number of hydrogen-bond acceptors (Lipinski definition) is 1. The molecule has 0 saturated carbocycles. The first-order valence-corrected chi connectivity index (χ1v) is 6.06. The summed E-state index contributed by atoms with van der Waals surface area (Å²) in [4.78, 5) is 9.16. The van der Waals surface area contributed by atoms with Crippen LogP contribution in [0.25, 0.3) is 0 Å². The van der Waals surface area contributed by atoms with E-state index in [2.05, 4.69) is 6.58 Å². The van der Waals surface area contributed by atoms with Crippen molar-refractivity contribution in [2.45, 2.75) is 6.42 Å². The molecule has 0 radical (unpaired) electrons. The second kappa shape index (κ2) is 6.68. The topological polar surface area (TPSA) is 37.3 Å². The summed E-state index contributed by atoms with van der Waals surface area (Å²) in [6.45, 7) is 3.32. The van der Waals surface area contributed by atoms with E-state index in [0.29, 0.717) is 0 Å². The van der Waals surface area contributed by atoms with Gasteiger partial charge in [0.15, 0.2) is 0 Å². The van der Waals surface area contributed by atoms with Gasteiger partial charge in [0.2, 0.25) is 7.37 Å². The molecular formula is C9H13F2O2P. The molecule has 0 rings (SSSR count). The SMILES string of the molecule is C=CCC(F)=CCP(=O)(O)CC=CF. The van der Waals surface area contributed by atoms with E-state index < -0.39 is 13.2 Å². The molecular weight excluding hydrogens is 209 g/mol. The van der Waals surface area contributed by atoms with Gasteiger partial charge in [-0.15, -0.1) is 6.58 Å². The molecule has 0 heterocycles. The van der Waals surface area contributed by atoms with Gasteiger partial charge in [-0.1, -0.05) is 6.08 Å². The smallest absolute Gasteiger partial charge is 0.208 e. The van der Waals surface area contributed by atoms with Gasteiger partial charge in [-0.3, -0.25) is 4.57 Å². The van der Waals surface area contributed by atoms with Crippen molar-refractivity contribution in [1.29, 1.82) is 0 Å². The summed E-state index contributed by atoms with van der Waals surface area (Å²) in [5, 5.41) is 0. The van der Waals surface area contributed by atoms with E-state index in [0.717, 1.165) is 12.2 Å². The van der Waals surface area contributed by atoms with Crippen LogP contribution in [0.1, 0.15) is 6.42 Å². The van der Waals surface area contributed by atoms with E-state index >= 15 is 0 Å². The minimum atomic E-state index is -3.46. The van der Waals surface area contributed by atoms with E-state index in [4.69, 9.17) is 4.89 Å². The zero-order valence-electron chi connectivity index (χ0n) is 7.70. The third-order valence-electron chi connectivity index (χ3n) is 1.42. The molecule has 0 aliphatic carbocycles. The lowest BCUT2D eigenvalue weighted by Crippen LogP contribution is -1.90. The van der Waals surface area contributed by atoms with Crippen molar-refractivity contribution in [2.75, 3.05) is 12.3 Å². The van der Waals surface area contributed by atoms with Crippen molar-refractivity contribution in [3.63, 3.8) is 0 Å². The van der Waals surface area contributed by atoms with Crippen LogP contribution in [-0.2, 0) is 4.57 Å². The van der Waals surface area contributed by atoms with E-state index in [1.807, 2.05) is 0 Å². The zero-order chi connectivity index (χ0) is 11.0. The zero-order valence-corrected chi connectivity index (χ0v) is 8.59. The average Bonchev–Trinajstić information content (AvgIpc) is 2.13. The molecule has 0 aromatic carbocycles. The molecule has 0 aromatic heterocycles. The van der Waals surface area contributed by atoms with Crippen molar-refractivity contribution in [1.82, 2.24) is 0 Å². The van der Waals surface area contributed by atoms with Gasteiger partial charge in [-0.05, 0) is 12.2 Å². The van der Waals surface area contributed by atoms with Gasteiger partial charge in [0.25, 0.3) is 0 Å². The second-order valence-electron chi connectivity index (χ2n) is 2.72. The van der Waals surface area contributed by atoms with Crippen LogP contribution in [0.4, 0.5) is 8.78 Å². The standard InChI is InChI=1S/C9H13F2O2P/c1-2-4-9(11)5-8-14(12,13)7-3-6-10/h2-3,5-6H,1,4,7-8H2,(H,12,13). The van der Waals surface area contributed by atoms with Crippen LogP contribution in [0.15, 0.2) is 37.0 Å². The fourth-order valence-corrected chi connectivity index (χ4v) is 1.78. The Kier molecular flexibility index (Phi) is 6.34. The molecule has 0 spiro atoms. The summed E-state index contributed by atoms with van der Waals surface area (Å²) in [5.74, 6) is -0.501. The Balaban J connectivity index is 4.15. The van der Waals surface area contributed by atoms with Crippen LogP contribution in [0.5, 0.6) is 0 Å². The van der Waals surface area contributed by atoms with Gasteiger partial charge in [0.1, 0.15) is 5.83 Å². The molecule has 0 aromatic rings. The largest absolute Gasteiger partial charge is 0.344 e. The van der Waals surface area contributed by atoms with Crippen LogP contribution in [0.3, 0.4) is 0 Å². The molecule has 2 nitrogen and oxygen atoms in total. The van der Waals surface area contributed by atoms with Crippen LogP contribution < -0.4 is 0 Å². The Labute approximate surface area is 82.1 Å². The highest BCUT2D eigenvalue weighted by molar-refractivity contribution is 7.58. The van der Waals surface area contributed by atoms with E-state index in [1.54, 1.807) is 0 Å². The molecule has 0 saturated heterocycles. The van der Waals surface area contributed by atoms with Gasteiger partial charge in [-0.2, -0.15) is 0 Å². The Morgan fingerprint density at radius 3 is 2.64 bits per heavy atom. The van der Waals surface area contributed by atoms with Gasteiger partial charge in [-0.25, -0.2) is 8.78 Å². The van der Waals surface area contributed by atoms with Gasteiger partial charge in [0, 0.05) is 18.7 Å². The van der Waals surface area contributed by atoms with Gasteiger partial charge >= 0.3 is 0 Å². The fraction of sp³-hybridized carbons (Fsp3) is 0.333. The van der Waals surface area contributed by atoms with Crippen molar-refractivity contribution < 1.29 is 18.2 Å². The number of hydrogen-bond donors (Lipinski definition) is 1. The number of halogens is 2. The predicted octanol–water partition coefficient (Wildman–Crippen LogP) is 3.17. The lowest BCUT2D eigenvalue weighted by molar-refractivity contribution is 0.483. The van der Waals surface area contributed by atoms with Crippen molar-refractivity contribution >= 4 is 7.37 Å². The quantitative estimate of drug-likeness (QED) is 0.553. The third-order valence-corrected chi connectivity index (χ3v) is 2.95. The molecule has 1 unspecified atom stereocenters. The summed E-state index contributed by atoms with van der Waals surface area (Å²) in [7, 11) is -3.46. The Bertz CT molecular complexity index is 285. The summed E-state index contributed by atoms with van der Waals surface area (Å²) < 4.78 is 35.4. The van der Waals surface area contributed by atoms with Gasteiger partial charge in [0.05, 0.1) is 6.33 Å². The summed E-state index contributed by atoms with van der Waals surface area (Å²) >= 11 is 0. The Morgan fingerprint density at radius 1 is 1.50 bits per heavy atom. The molecule has 1 atom stereocenters. The number of allylic oxidation sites excluding steroid dienone is 4. The van der Waals surface area contributed by atoms with Crippen LogP contribution in [0, 0.1) is 0 Å². The van der Waals surface area contributed by atoms with Crippen LogP contribution in [0.2, 0.25) is 0 Å². The highest BCUT2D eigenvalue weighted by atomic mass is 31.2. The average molecular weight is 222 g/mol. The second-order valence-corrected chi connectivity index (χ2v) is 5.14. The molecule has 1 N–H and O–H groups in total. The van der Waals surface area contributed by atoms with E-state index in [1.165, 1.54) is 6.08 Å². The monoisotopic (exact) mass is 222 g/mol. The maximum atomic E-state index is 12.7. The maximum Gasteiger partial charge on any atom is 0.208 e.